The molecule has 0 aliphatic carbocycles. The van der Waals surface area contributed by atoms with Crippen LogP contribution in [0.4, 0.5) is 0 Å². The number of fused-ring (bicyclic) bond motifs is 1. The summed E-state index contributed by atoms with van der Waals surface area (Å²) >= 11 is 7.80. The van der Waals surface area contributed by atoms with Crippen molar-refractivity contribution in [1.29, 1.82) is 0 Å². The molecule has 0 unspecified atom stereocenters. The Morgan fingerprint density at radius 2 is 1.73 bits per heavy atom. The molecule has 0 radical (unpaired) electrons. The second kappa shape index (κ2) is 5.52. The van der Waals surface area contributed by atoms with E-state index in [1.54, 1.807) is 11.3 Å². The van der Waals surface area contributed by atoms with E-state index in [1.165, 1.54) is 0 Å². The molecule has 0 fully saturated rings. The second-order valence-corrected chi connectivity index (χ2v) is 6.28. The zero-order chi connectivity index (χ0) is 14.9. The first kappa shape index (κ1) is 13.4. The second-order valence-electron chi connectivity index (χ2n) is 4.90. The van der Waals surface area contributed by atoms with Crippen molar-refractivity contribution in [3.8, 4) is 22.0 Å². The van der Waals surface area contributed by atoms with E-state index < -0.39 is 0 Å². The first-order chi connectivity index (χ1) is 10.8. The molecule has 2 nitrogen and oxygen atoms in total. The summed E-state index contributed by atoms with van der Waals surface area (Å²) in [4.78, 5) is 10.5. The summed E-state index contributed by atoms with van der Waals surface area (Å²) in [5, 5.41) is 3.70. The van der Waals surface area contributed by atoms with Crippen molar-refractivity contribution >= 4 is 33.8 Å². The van der Waals surface area contributed by atoms with Crippen LogP contribution in [0.2, 0.25) is 5.02 Å². The highest BCUT2D eigenvalue weighted by Gasteiger charge is 2.12. The minimum Gasteiger partial charge on any atom is -0.227 e. The fourth-order valence-electron chi connectivity index (χ4n) is 2.43. The van der Waals surface area contributed by atoms with Gasteiger partial charge in [0.1, 0.15) is 0 Å². The van der Waals surface area contributed by atoms with Crippen molar-refractivity contribution in [2.75, 3.05) is 0 Å². The molecule has 106 valence electrons. The number of hydrogen-bond acceptors (Lipinski definition) is 3. The van der Waals surface area contributed by atoms with Crippen molar-refractivity contribution in [2.45, 2.75) is 0 Å². The number of rotatable bonds is 2. The molecular formula is C18H11ClN2S. The Balaban J connectivity index is 2.05. The molecule has 0 atom stereocenters. The molecule has 2 aromatic carbocycles. The summed E-state index contributed by atoms with van der Waals surface area (Å²) in [5.74, 6) is 0.753. The zero-order valence-electron chi connectivity index (χ0n) is 11.5. The van der Waals surface area contributed by atoms with Gasteiger partial charge in [0, 0.05) is 16.0 Å². The summed E-state index contributed by atoms with van der Waals surface area (Å²) in [6.07, 6.45) is 0. The number of nitrogens with zero attached hydrogens (tertiary/aromatic N) is 2. The highest BCUT2D eigenvalue weighted by Crippen LogP contribution is 2.31. The predicted molar refractivity (Wildman–Crippen MR) is 93.3 cm³/mol. The molecule has 4 heteroatoms. The van der Waals surface area contributed by atoms with Crippen LogP contribution in [-0.2, 0) is 0 Å². The summed E-state index contributed by atoms with van der Waals surface area (Å²) in [6.45, 7) is 0. The van der Waals surface area contributed by atoms with Crippen molar-refractivity contribution in [3.05, 3.63) is 71.1 Å². The van der Waals surface area contributed by atoms with Gasteiger partial charge in [0.15, 0.2) is 5.82 Å². The normalized spacial score (nSPS) is 11.0. The van der Waals surface area contributed by atoms with E-state index in [0.717, 1.165) is 32.9 Å². The van der Waals surface area contributed by atoms with E-state index >= 15 is 0 Å². The molecule has 2 heterocycles. The predicted octanol–water partition coefficient (Wildman–Crippen LogP) is 5.68. The molecule has 4 rings (SSSR count). The summed E-state index contributed by atoms with van der Waals surface area (Å²) < 4.78 is 0. The van der Waals surface area contributed by atoms with Crippen LogP contribution in [0.15, 0.2) is 66.0 Å². The quantitative estimate of drug-likeness (QED) is 0.474. The monoisotopic (exact) mass is 322 g/mol. The smallest absolute Gasteiger partial charge is 0.170 e. The molecule has 0 spiro atoms. The first-order valence-corrected chi connectivity index (χ1v) is 8.13. The number of halogens is 1. The van der Waals surface area contributed by atoms with Gasteiger partial charge in [0.05, 0.1) is 16.1 Å². The number of benzene rings is 2. The maximum absolute atomic E-state index is 6.16. The molecule has 0 aliphatic heterocycles. The SMILES string of the molecule is Clc1ccc2nc(-c3cccs3)nc(-c3ccccc3)c2c1. The zero-order valence-corrected chi connectivity index (χ0v) is 13.1. The summed E-state index contributed by atoms with van der Waals surface area (Å²) in [6, 6.07) is 19.9. The highest BCUT2D eigenvalue weighted by atomic mass is 35.5. The van der Waals surface area contributed by atoms with E-state index in [2.05, 4.69) is 17.1 Å². The van der Waals surface area contributed by atoms with E-state index in [9.17, 15) is 0 Å². The van der Waals surface area contributed by atoms with Gasteiger partial charge in [-0.15, -0.1) is 11.3 Å². The molecule has 0 saturated carbocycles. The Morgan fingerprint density at radius 1 is 0.864 bits per heavy atom. The molecule has 2 aromatic heterocycles. The van der Waals surface area contributed by atoms with Crippen molar-refractivity contribution in [2.24, 2.45) is 0 Å². The Kier molecular flexibility index (Phi) is 3.37. The van der Waals surface area contributed by atoms with Crippen LogP contribution >= 0.6 is 22.9 Å². The van der Waals surface area contributed by atoms with Crippen LogP contribution in [0.5, 0.6) is 0 Å². The molecule has 0 bridgehead atoms. The fraction of sp³-hybridized carbons (Fsp3) is 0. The Morgan fingerprint density at radius 3 is 2.50 bits per heavy atom. The van der Waals surface area contributed by atoms with E-state index in [-0.39, 0.29) is 0 Å². The van der Waals surface area contributed by atoms with E-state index in [1.807, 2.05) is 53.9 Å². The molecule has 4 aromatic rings. The lowest BCUT2D eigenvalue weighted by Gasteiger charge is -2.08. The molecule has 0 aliphatic rings. The third kappa shape index (κ3) is 2.39. The van der Waals surface area contributed by atoms with E-state index in [0.29, 0.717) is 5.02 Å². The van der Waals surface area contributed by atoms with Gasteiger partial charge in [-0.3, -0.25) is 0 Å². The van der Waals surface area contributed by atoms with E-state index in [4.69, 9.17) is 16.6 Å². The van der Waals surface area contributed by atoms with Crippen LogP contribution in [0.3, 0.4) is 0 Å². The average molecular weight is 323 g/mol. The first-order valence-electron chi connectivity index (χ1n) is 6.88. The van der Waals surface area contributed by atoms with Gasteiger partial charge >= 0.3 is 0 Å². The standard InChI is InChI=1S/C18H11ClN2S/c19-13-8-9-15-14(11-13)17(12-5-2-1-3-6-12)21-18(20-15)16-7-4-10-22-16/h1-11H. The van der Waals surface area contributed by atoms with Crippen LogP contribution in [0, 0.1) is 0 Å². The largest absolute Gasteiger partial charge is 0.227 e. The molecule has 22 heavy (non-hydrogen) atoms. The minimum atomic E-state index is 0.692. The van der Waals surface area contributed by atoms with Gasteiger partial charge in [0.25, 0.3) is 0 Å². The maximum Gasteiger partial charge on any atom is 0.170 e. The fourth-order valence-corrected chi connectivity index (χ4v) is 3.26. The van der Waals surface area contributed by atoms with Gasteiger partial charge in [0.2, 0.25) is 0 Å². The van der Waals surface area contributed by atoms with Gasteiger partial charge < -0.3 is 0 Å². The maximum atomic E-state index is 6.16. The van der Waals surface area contributed by atoms with Gasteiger partial charge in [-0.05, 0) is 29.6 Å². The summed E-state index contributed by atoms with van der Waals surface area (Å²) in [7, 11) is 0. The molecular weight excluding hydrogens is 312 g/mol. The number of thiophene rings is 1. The molecule has 0 saturated heterocycles. The van der Waals surface area contributed by atoms with Gasteiger partial charge in [-0.1, -0.05) is 48.0 Å². The Bertz CT molecular complexity index is 934. The highest BCUT2D eigenvalue weighted by molar-refractivity contribution is 7.13. The molecule has 0 amide bonds. The van der Waals surface area contributed by atoms with Crippen LogP contribution in [0.25, 0.3) is 32.9 Å². The summed E-state index contributed by atoms with van der Waals surface area (Å²) in [5.41, 5.74) is 2.88. The van der Waals surface area contributed by atoms with Crippen LogP contribution in [-0.4, -0.2) is 9.97 Å². The molecule has 0 N–H and O–H groups in total. The topological polar surface area (TPSA) is 25.8 Å². The van der Waals surface area contributed by atoms with Crippen molar-refractivity contribution < 1.29 is 0 Å². The van der Waals surface area contributed by atoms with Crippen LogP contribution < -0.4 is 0 Å². The van der Waals surface area contributed by atoms with Crippen molar-refractivity contribution in [1.82, 2.24) is 9.97 Å². The Labute approximate surface area is 137 Å². The average Bonchev–Trinajstić information content (AvgIpc) is 3.09. The number of hydrogen-bond donors (Lipinski definition) is 0. The Hall–Kier alpha value is -2.23. The van der Waals surface area contributed by atoms with Crippen LogP contribution in [0.1, 0.15) is 0 Å². The third-order valence-electron chi connectivity index (χ3n) is 3.45. The van der Waals surface area contributed by atoms with Gasteiger partial charge in [-0.2, -0.15) is 0 Å². The van der Waals surface area contributed by atoms with Crippen molar-refractivity contribution in [3.63, 3.8) is 0 Å². The minimum absolute atomic E-state index is 0.692. The number of aromatic nitrogens is 2. The third-order valence-corrected chi connectivity index (χ3v) is 4.55. The lowest BCUT2D eigenvalue weighted by Crippen LogP contribution is -1.93. The lowest BCUT2D eigenvalue weighted by atomic mass is 10.1. The lowest BCUT2D eigenvalue weighted by molar-refractivity contribution is 1.24. The van der Waals surface area contributed by atoms with Gasteiger partial charge in [-0.25, -0.2) is 9.97 Å².